The van der Waals surface area contributed by atoms with Gasteiger partial charge >= 0.3 is 5.97 Å². The molecule has 0 aliphatic carbocycles. The number of hydrogen-bond acceptors (Lipinski definition) is 3. The van der Waals surface area contributed by atoms with Gasteiger partial charge in [-0.2, -0.15) is 0 Å². The van der Waals surface area contributed by atoms with Crippen molar-refractivity contribution >= 4 is 23.6 Å². The maximum Gasteiger partial charge on any atom is 0.326 e. The van der Waals surface area contributed by atoms with Gasteiger partial charge in [0.05, 0.1) is 4.75 Å². The molecule has 0 fully saturated rings. The molecule has 5 heteroatoms. The van der Waals surface area contributed by atoms with E-state index in [-0.39, 0.29) is 11.8 Å². The van der Waals surface area contributed by atoms with E-state index in [0.717, 1.165) is 57.1 Å². The molecule has 1 amide bonds. The smallest absolute Gasteiger partial charge is 0.326 e. The summed E-state index contributed by atoms with van der Waals surface area (Å²) in [6.07, 6.45) is 32.2. The summed E-state index contributed by atoms with van der Waals surface area (Å²) in [5.41, 5.74) is 0. The SMILES string of the molecule is CC/C=C\C/C=C\C/C=C\C/C=C\C/C=C\CCCCSC(CC)(CC)C(=O)NC(CC(C)C)C(=O)O. The second kappa shape index (κ2) is 23.1. The fraction of sp³-hybridized carbons (Fsp3) is 0.625. The van der Waals surface area contributed by atoms with E-state index in [4.69, 9.17) is 0 Å². The molecule has 0 heterocycles. The molecule has 1 atom stereocenters. The lowest BCUT2D eigenvalue weighted by atomic mass is 9.98. The summed E-state index contributed by atoms with van der Waals surface area (Å²) in [6, 6.07) is -0.819. The van der Waals surface area contributed by atoms with Crippen LogP contribution in [0.25, 0.3) is 0 Å². The van der Waals surface area contributed by atoms with Gasteiger partial charge in [0.15, 0.2) is 0 Å². The Morgan fingerprint density at radius 3 is 1.70 bits per heavy atom. The molecule has 0 spiro atoms. The van der Waals surface area contributed by atoms with Crippen molar-refractivity contribution in [2.24, 2.45) is 5.92 Å². The highest BCUT2D eigenvalue weighted by Gasteiger charge is 2.37. The highest BCUT2D eigenvalue weighted by molar-refractivity contribution is 8.01. The second-order valence-electron chi connectivity index (χ2n) is 9.75. The molecule has 4 nitrogen and oxygen atoms in total. The quantitative estimate of drug-likeness (QED) is 0.108. The van der Waals surface area contributed by atoms with Gasteiger partial charge in [-0.15, -0.1) is 11.8 Å². The van der Waals surface area contributed by atoms with E-state index in [1.807, 2.05) is 27.7 Å². The Morgan fingerprint density at radius 1 is 0.784 bits per heavy atom. The molecule has 0 saturated carbocycles. The molecular formula is C32H53NO3S. The third-order valence-electron chi connectivity index (χ3n) is 6.17. The van der Waals surface area contributed by atoms with Crippen molar-refractivity contribution < 1.29 is 14.7 Å². The molecule has 0 radical (unpaired) electrons. The van der Waals surface area contributed by atoms with Crippen molar-refractivity contribution in [3.05, 3.63) is 60.8 Å². The lowest BCUT2D eigenvalue weighted by Gasteiger charge is -2.31. The van der Waals surface area contributed by atoms with Gasteiger partial charge in [-0.3, -0.25) is 4.79 Å². The Hall–Kier alpha value is -2.01. The monoisotopic (exact) mass is 531 g/mol. The number of unbranched alkanes of at least 4 members (excludes halogenated alkanes) is 2. The van der Waals surface area contributed by atoms with Crippen molar-refractivity contribution in [1.29, 1.82) is 0 Å². The molecule has 0 aromatic carbocycles. The van der Waals surface area contributed by atoms with E-state index in [0.29, 0.717) is 19.3 Å². The Balaban J connectivity index is 4.17. The van der Waals surface area contributed by atoms with Gasteiger partial charge in [0.1, 0.15) is 6.04 Å². The van der Waals surface area contributed by atoms with Crippen LogP contribution in [-0.4, -0.2) is 33.5 Å². The van der Waals surface area contributed by atoms with Crippen molar-refractivity contribution in [3.63, 3.8) is 0 Å². The van der Waals surface area contributed by atoms with Crippen molar-refractivity contribution in [1.82, 2.24) is 5.32 Å². The average Bonchev–Trinajstić information content (AvgIpc) is 2.87. The molecule has 0 aliphatic heterocycles. The van der Waals surface area contributed by atoms with Gasteiger partial charge in [-0.25, -0.2) is 4.79 Å². The van der Waals surface area contributed by atoms with Crippen LogP contribution in [0, 0.1) is 5.92 Å². The third-order valence-corrected chi connectivity index (χ3v) is 7.98. The van der Waals surface area contributed by atoms with Crippen LogP contribution in [0.1, 0.15) is 105 Å². The number of carbonyl (C=O) groups excluding carboxylic acids is 1. The Bertz CT molecular complexity index is 745. The summed E-state index contributed by atoms with van der Waals surface area (Å²) in [6.45, 7) is 10.1. The van der Waals surface area contributed by atoms with Crippen LogP contribution in [0.5, 0.6) is 0 Å². The minimum Gasteiger partial charge on any atom is -0.480 e. The molecule has 1 unspecified atom stereocenters. The van der Waals surface area contributed by atoms with Gasteiger partial charge in [-0.1, -0.05) is 95.4 Å². The van der Waals surface area contributed by atoms with E-state index in [9.17, 15) is 14.7 Å². The number of nitrogens with one attached hydrogen (secondary N) is 1. The predicted molar refractivity (Wildman–Crippen MR) is 163 cm³/mol. The number of amides is 1. The summed E-state index contributed by atoms with van der Waals surface area (Å²) in [5.74, 6) is 0.0307. The topological polar surface area (TPSA) is 66.4 Å². The fourth-order valence-corrected chi connectivity index (χ4v) is 5.16. The summed E-state index contributed by atoms with van der Waals surface area (Å²) in [4.78, 5) is 24.6. The second-order valence-corrected chi connectivity index (χ2v) is 11.2. The molecule has 2 N–H and O–H groups in total. The number of carboxylic acids is 1. The molecule has 210 valence electrons. The average molecular weight is 532 g/mol. The van der Waals surface area contributed by atoms with E-state index >= 15 is 0 Å². The first-order valence-electron chi connectivity index (χ1n) is 14.3. The molecule has 0 bridgehead atoms. The number of hydrogen-bond donors (Lipinski definition) is 2. The van der Waals surface area contributed by atoms with Gasteiger partial charge in [0.2, 0.25) is 5.91 Å². The zero-order valence-electron chi connectivity index (χ0n) is 24.1. The number of aliphatic carboxylic acids is 1. The zero-order valence-corrected chi connectivity index (χ0v) is 24.9. The Labute approximate surface area is 231 Å². The van der Waals surface area contributed by atoms with E-state index < -0.39 is 16.8 Å². The Morgan fingerprint density at radius 2 is 1.27 bits per heavy atom. The van der Waals surface area contributed by atoms with Crippen LogP contribution >= 0.6 is 11.8 Å². The van der Waals surface area contributed by atoms with Crippen molar-refractivity contribution in [2.75, 3.05) is 5.75 Å². The standard InChI is InChI=1S/C32H53NO3S/c1-6-9-10-11-12-13-14-15-16-17-18-19-20-21-22-23-24-25-26-37-32(7-2,8-3)31(36)33-29(30(34)35)27-28(4)5/h9-10,12-13,15-16,18-19,21-22,28-29H,6-8,11,14,17,20,23-27H2,1-5H3,(H,33,36)(H,34,35)/b10-9-,13-12-,16-15-,19-18-,22-21-. The molecular weight excluding hydrogens is 478 g/mol. The number of thioether (sulfide) groups is 1. The third kappa shape index (κ3) is 18.0. The van der Waals surface area contributed by atoms with Crippen molar-refractivity contribution in [3.8, 4) is 0 Å². The number of carbonyl (C=O) groups is 2. The molecule has 37 heavy (non-hydrogen) atoms. The largest absolute Gasteiger partial charge is 0.480 e. The number of carboxylic acid groups (broad SMARTS) is 1. The van der Waals surface area contributed by atoms with Gasteiger partial charge in [0, 0.05) is 0 Å². The fourth-order valence-electron chi connectivity index (χ4n) is 3.82. The zero-order chi connectivity index (χ0) is 27.8. The van der Waals surface area contributed by atoms with Crippen molar-refractivity contribution in [2.45, 2.75) is 116 Å². The first-order valence-corrected chi connectivity index (χ1v) is 15.2. The van der Waals surface area contributed by atoms with Crippen LogP contribution < -0.4 is 5.32 Å². The van der Waals surface area contributed by atoms with Crippen LogP contribution in [0.2, 0.25) is 0 Å². The minimum atomic E-state index is -0.954. The summed E-state index contributed by atoms with van der Waals surface area (Å²) < 4.78 is -0.554. The van der Waals surface area contributed by atoms with E-state index in [2.05, 4.69) is 73.0 Å². The minimum absolute atomic E-state index is 0.131. The molecule has 0 saturated heterocycles. The van der Waals surface area contributed by atoms with Crippen LogP contribution in [-0.2, 0) is 9.59 Å². The predicted octanol–water partition coefficient (Wildman–Crippen LogP) is 8.82. The van der Waals surface area contributed by atoms with Crippen LogP contribution in [0.3, 0.4) is 0 Å². The van der Waals surface area contributed by atoms with Crippen LogP contribution in [0.4, 0.5) is 0 Å². The first kappa shape index (κ1) is 35.0. The Kier molecular flexibility index (Phi) is 21.9. The maximum absolute atomic E-state index is 13.0. The highest BCUT2D eigenvalue weighted by Crippen LogP contribution is 2.34. The first-order chi connectivity index (χ1) is 17.8. The lowest BCUT2D eigenvalue weighted by Crippen LogP contribution is -2.50. The highest BCUT2D eigenvalue weighted by atomic mass is 32.2. The molecule has 0 aromatic heterocycles. The van der Waals surface area contributed by atoms with Gasteiger partial charge in [-0.05, 0) is 82.3 Å². The van der Waals surface area contributed by atoms with Gasteiger partial charge < -0.3 is 10.4 Å². The lowest BCUT2D eigenvalue weighted by molar-refractivity contribution is -0.142. The van der Waals surface area contributed by atoms with E-state index in [1.54, 1.807) is 11.8 Å². The van der Waals surface area contributed by atoms with Gasteiger partial charge in [0.25, 0.3) is 0 Å². The molecule has 0 rings (SSSR count). The normalized spacial score (nSPS) is 13.8. The van der Waals surface area contributed by atoms with E-state index in [1.165, 1.54) is 0 Å². The molecule has 0 aliphatic rings. The molecule has 0 aromatic rings. The van der Waals surface area contributed by atoms with Crippen LogP contribution in [0.15, 0.2) is 60.8 Å². The summed E-state index contributed by atoms with van der Waals surface area (Å²) in [7, 11) is 0. The summed E-state index contributed by atoms with van der Waals surface area (Å²) >= 11 is 1.68. The maximum atomic E-state index is 13.0. The number of allylic oxidation sites excluding steroid dienone is 10. The number of rotatable bonds is 22. The summed E-state index contributed by atoms with van der Waals surface area (Å²) in [5, 5.41) is 12.3.